The van der Waals surface area contributed by atoms with Gasteiger partial charge in [-0.3, -0.25) is 48.9 Å². The van der Waals surface area contributed by atoms with Crippen LogP contribution in [0.5, 0.6) is 0 Å². The number of nitrogens with zero attached hydrogens (tertiary/aromatic N) is 5. The van der Waals surface area contributed by atoms with Crippen molar-refractivity contribution in [1.29, 1.82) is 0 Å². The predicted molar refractivity (Wildman–Crippen MR) is 540 cm³/mol. The number of thiophene rings is 6. The second-order valence-corrected chi connectivity index (χ2v) is 39.6. The van der Waals surface area contributed by atoms with Crippen LogP contribution < -0.4 is 22.4 Å². The third kappa shape index (κ3) is 29.4. The third-order valence-electron chi connectivity index (χ3n) is 21.4. The number of aliphatic hydroxyl groups is 1. The summed E-state index contributed by atoms with van der Waals surface area (Å²) in [6, 6.07) is 65.7. The van der Waals surface area contributed by atoms with Crippen LogP contribution in [0, 0.1) is 6.07 Å². The number of hydrogen-bond acceptors (Lipinski definition) is 19. The minimum atomic E-state index is -1.38. The fraction of sp³-hybridized carbons (Fsp3) is 0.212. The molecule has 6 aliphatic rings. The molecule has 11 heterocycles. The van der Waals surface area contributed by atoms with E-state index in [4.69, 9.17) is 66.4 Å². The van der Waals surface area contributed by atoms with Gasteiger partial charge < -0.3 is 37.2 Å². The molecule has 3 atom stereocenters. The van der Waals surface area contributed by atoms with Crippen molar-refractivity contribution in [3.05, 3.63) is 371 Å². The van der Waals surface area contributed by atoms with Crippen molar-refractivity contribution in [3.8, 4) is 41.8 Å². The number of aryl methyl sites for hydroxylation is 5. The minimum Gasteiger partial charge on any atom is -1.00 e. The molecule has 14 nitrogen and oxygen atoms in total. The number of aliphatic carboxylic acids is 1. The molecule has 129 heavy (non-hydrogen) atoms. The molecule has 0 saturated heterocycles. The fourth-order valence-electron chi connectivity index (χ4n) is 15.3. The number of pyridine rings is 5. The number of aromatic nitrogens is 5. The van der Waals surface area contributed by atoms with E-state index in [1.54, 1.807) is 130 Å². The van der Waals surface area contributed by atoms with Gasteiger partial charge in [-0.05, 0) is 294 Å². The summed E-state index contributed by atoms with van der Waals surface area (Å²) in [7, 11) is -1.38. The smallest absolute Gasteiger partial charge is 1.00 e. The third-order valence-corrected chi connectivity index (χ3v) is 30.1. The molecule has 11 aromatic heterocycles. The Balaban J connectivity index is 0.000000156. The normalized spacial score (nSPS) is 15.5. The minimum absolute atomic E-state index is 0. The Morgan fingerprint density at radius 2 is 0.829 bits per heavy atom. The van der Waals surface area contributed by atoms with E-state index in [1.807, 2.05) is 132 Å². The van der Waals surface area contributed by atoms with Gasteiger partial charge in [0, 0.05) is 216 Å². The van der Waals surface area contributed by atoms with E-state index >= 15 is 0 Å². The average Bonchev–Trinajstić information content (AvgIpc) is 1.69. The molecule has 0 amide bonds. The number of carboxylic acids is 1. The Hall–Kier alpha value is -7.23. The largest absolute Gasteiger partial charge is 2.00 e. The molecule has 0 fully saturated rings. The molecule has 0 aliphatic heterocycles. The molecular formula is C99H86BBr4Cl4MgN5O9S6. The van der Waals surface area contributed by atoms with Gasteiger partial charge in [0.1, 0.15) is 5.60 Å². The van der Waals surface area contributed by atoms with Crippen LogP contribution in [0.1, 0.15) is 194 Å². The molecule has 15 aromatic rings. The van der Waals surface area contributed by atoms with Gasteiger partial charge >= 0.3 is 30.2 Å². The Labute approximate surface area is 846 Å². The number of fused-ring (bicyclic) bond motifs is 6. The zero-order chi connectivity index (χ0) is 89.8. The molecule has 6 aliphatic carbocycles. The summed E-state index contributed by atoms with van der Waals surface area (Å²) in [4.78, 5) is 87.8. The first-order valence-electron chi connectivity index (χ1n) is 40.9. The number of Topliss-reactive ketones (excluding diaryl/α,β-unsaturated/α-hetero) is 4. The van der Waals surface area contributed by atoms with Crippen LogP contribution in [0.15, 0.2) is 265 Å². The van der Waals surface area contributed by atoms with E-state index in [-0.39, 0.29) is 51.7 Å². The van der Waals surface area contributed by atoms with Crippen molar-refractivity contribution in [2.45, 2.75) is 134 Å². The summed E-state index contributed by atoms with van der Waals surface area (Å²) < 4.78 is 1.08. The van der Waals surface area contributed by atoms with Crippen LogP contribution in [0.2, 0.25) is 20.1 Å². The Morgan fingerprint density at radius 3 is 1.29 bits per heavy atom. The van der Waals surface area contributed by atoms with Gasteiger partial charge in [-0.25, -0.2) is 0 Å². The van der Waals surface area contributed by atoms with Crippen molar-refractivity contribution < 1.29 is 61.2 Å². The molecule has 4 aromatic carbocycles. The van der Waals surface area contributed by atoms with E-state index in [1.165, 1.54) is 92.9 Å². The average molecular weight is 2180 g/mol. The number of halogens is 8. The molecule has 4 N–H and O–H groups in total. The number of benzene rings is 4. The fourth-order valence-corrected chi connectivity index (χ4v) is 23.5. The number of hydrogen-bond donors (Lipinski definition) is 4. The summed E-state index contributed by atoms with van der Waals surface area (Å²) >= 11 is 42.9. The topological polar surface area (TPSA) is 231 Å². The maximum absolute atomic E-state index is 12.3. The van der Waals surface area contributed by atoms with Gasteiger partial charge in [0.25, 0.3) is 5.97 Å². The van der Waals surface area contributed by atoms with Crippen molar-refractivity contribution in [1.82, 2.24) is 24.9 Å². The van der Waals surface area contributed by atoms with Gasteiger partial charge in [-0.15, -0.1) is 79.6 Å². The SMILES string of the molecule is BrBr.CC(=O)O.Clc1cc[c-]cc1.Clc1ccc(C2CCCc3sc(-c4ccncc4)cc32)cc1.O=C1CCC(c2ccc(Cl)cc2)c2cc(-c3ccncc3)sc21.O=C1CCCc2sc(-c3ccncc3)cc21.O=C1CCCc2sc(Br)cc21.O=C1CCCc2sccc21.OB(O)c1ccncc1.OC1(c2ccc(Cl)cc2)CCCc2sc(-c3ccncc3)cc21.[Br-].[Mg+2]. The molecule has 0 saturated carbocycles. The van der Waals surface area contributed by atoms with E-state index in [2.05, 4.69) is 130 Å². The van der Waals surface area contributed by atoms with Gasteiger partial charge in [-0.2, -0.15) is 30.3 Å². The summed E-state index contributed by atoms with van der Waals surface area (Å²) in [6.45, 7) is 1.08. The Morgan fingerprint density at radius 1 is 0.434 bits per heavy atom. The van der Waals surface area contributed by atoms with E-state index in [0.717, 1.165) is 163 Å². The van der Waals surface area contributed by atoms with Crippen LogP contribution in [0.25, 0.3) is 41.8 Å². The monoisotopic (exact) mass is 2170 g/mol. The number of ketones is 4. The summed E-state index contributed by atoms with van der Waals surface area (Å²) in [5.74, 6) is 1.16. The second-order valence-electron chi connectivity index (χ2n) is 29.9. The number of rotatable bonds is 8. The Bertz CT molecular complexity index is 6090. The first-order chi connectivity index (χ1) is 61.6. The van der Waals surface area contributed by atoms with E-state index in [9.17, 15) is 24.3 Å². The van der Waals surface area contributed by atoms with Gasteiger partial charge in [-0.1, -0.05) is 76.2 Å². The zero-order valence-corrected chi connectivity index (χ0v) is 85.5. The maximum Gasteiger partial charge on any atom is 2.00 e. The van der Waals surface area contributed by atoms with E-state index < -0.39 is 18.7 Å². The molecule has 30 heteroatoms. The van der Waals surface area contributed by atoms with Crippen molar-refractivity contribution in [3.63, 3.8) is 0 Å². The van der Waals surface area contributed by atoms with Crippen LogP contribution in [-0.4, -0.2) is 104 Å². The molecule has 0 radical (unpaired) electrons. The first-order valence-corrected chi connectivity index (χ1v) is 51.9. The molecule has 658 valence electrons. The summed E-state index contributed by atoms with van der Waals surface area (Å²) in [5.41, 5.74) is 14.3. The van der Waals surface area contributed by atoms with Crippen LogP contribution in [0.4, 0.5) is 0 Å². The second kappa shape index (κ2) is 52.4. The summed E-state index contributed by atoms with van der Waals surface area (Å²) in [6.07, 6.45) is 33.9. The quantitative estimate of drug-likeness (QED) is 0.0819. The summed E-state index contributed by atoms with van der Waals surface area (Å²) in [5, 5.41) is 40.9. The number of carbonyl (C=O) groups is 5. The number of carbonyl (C=O) groups excluding carboxylic acids is 4. The van der Waals surface area contributed by atoms with Gasteiger partial charge in [0.05, 0.1) is 8.66 Å². The zero-order valence-electron chi connectivity index (χ0n) is 69.8. The van der Waals surface area contributed by atoms with Gasteiger partial charge in [0.15, 0.2) is 23.1 Å². The number of carboxylic acid groups (broad SMARTS) is 1. The molecule has 21 rings (SSSR count). The van der Waals surface area contributed by atoms with Crippen LogP contribution in [0.3, 0.4) is 0 Å². The van der Waals surface area contributed by atoms with Crippen LogP contribution >= 0.6 is 159 Å². The predicted octanol–water partition coefficient (Wildman–Crippen LogP) is 24.5. The van der Waals surface area contributed by atoms with Crippen molar-refractivity contribution in [2.75, 3.05) is 0 Å². The molecule has 0 bridgehead atoms. The maximum atomic E-state index is 12.3. The van der Waals surface area contributed by atoms with E-state index in [0.29, 0.717) is 46.6 Å². The molecule has 0 spiro atoms. The standard InChI is InChI=1S/C19H14ClNOS.C19H16ClNOS.C19H16ClNS.C13H11NOS.C8H7BrOS.C8H8OS.C6H4Cl.C5H6BNO2.C2H4O2.Br2.BrH.Mg/c20-14-3-1-12(2-4-14)15-5-6-17(22)19-16(15)11-18(23-19)13-7-9-21-10-8-13;20-15-5-3-14(4-6-15)19(22)9-1-2-17-16(19)12-18(23-17)13-7-10-21-11-8-13;20-15-6-4-13(5-7-15)16-2-1-3-18-17(16)12-19(22-18)14-8-10-21-11-9-14;15-11-2-1-3-12-10(11)8-13(16-12)9-4-6-14-7-5-9;9-8-4-5-6(10)2-1-3-7(5)11-8;9-7-2-1-3-8-6(7)4-5-10-8;7-6-4-2-1-3-5-6;8-6(9)5-1-3-7-4-2-5;1-2(3)4;1-2;;/h1-4,7-11,15H,5-6H2;3-8,10-12,22H,1-2,9H2;4-12,16H,1-3H2;4-8H,1-3H2;4H,1-3H2;4-5H,1-3H2;2-5H;1-4,8-9H;1H3,(H,3,4);;1H;/q;;;;;;-1;;;;;+2/p-1. The Kier molecular flexibility index (Phi) is 42.2. The molecule has 3 unspecified atom stereocenters. The first kappa shape index (κ1) is 104. The van der Waals surface area contributed by atoms with Crippen molar-refractivity contribution >= 4 is 223 Å². The van der Waals surface area contributed by atoms with Crippen molar-refractivity contribution in [2.24, 2.45) is 0 Å². The van der Waals surface area contributed by atoms with Crippen LogP contribution in [-0.2, 0) is 42.5 Å². The van der Waals surface area contributed by atoms with Gasteiger partial charge in [0.2, 0.25) is 0 Å². The molecular weight excluding hydrogens is 2090 g/mol.